The number of aryl methyl sites for hydroxylation is 1. The van der Waals surface area contributed by atoms with Crippen LogP contribution in [0.5, 0.6) is 11.5 Å². The molecule has 0 spiro atoms. The highest BCUT2D eigenvalue weighted by Gasteiger charge is 2.20. The molecule has 0 unspecified atom stereocenters. The molecule has 0 fully saturated rings. The number of carbonyl (C=O) groups excluding carboxylic acids is 1. The van der Waals surface area contributed by atoms with Gasteiger partial charge >= 0.3 is 0 Å². The van der Waals surface area contributed by atoms with Crippen LogP contribution in [0.1, 0.15) is 29.5 Å². The molecule has 25 heavy (non-hydrogen) atoms. The number of nitrogens with zero attached hydrogens (tertiary/aromatic N) is 2. The summed E-state index contributed by atoms with van der Waals surface area (Å²) >= 11 is 6.10. The van der Waals surface area contributed by atoms with Gasteiger partial charge in [-0.25, -0.2) is 4.98 Å². The highest BCUT2D eigenvalue weighted by Crippen LogP contribution is 2.34. The minimum absolute atomic E-state index is 0.194. The molecule has 0 radical (unpaired) electrons. The van der Waals surface area contributed by atoms with E-state index < -0.39 is 0 Å². The van der Waals surface area contributed by atoms with E-state index in [1.165, 1.54) is 0 Å². The summed E-state index contributed by atoms with van der Waals surface area (Å²) in [4.78, 5) is 17.5. The number of rotatable bonds is 4. The Kier molecular flexibility index (Phi) is 3.97. The van der Waals surface area contributed by atoms with Gasteiger partial charge < -0.3 is 14.8 Å². The van der Waals surface area contributed by atoms with Crippen molar-refractivity contribution in [3.63, 3.8) is 0 Å². The number of hydrogen-bond donors (Lipinski definition) is 1. The summed E-state index contributed by atoms with van der Waals surface area (Å²) in [5.41, 5.74) is 2.58. The fourth-order valence-corrected chi connectivity index (χ4v) is 3.04. The summed E-state index contributed by atoms with van der Waals surface area (Å²) in [6, 6.07) is 8.87. The van der Waals surface area contributed by atoms with Crippen LogP contribution in [-0.4, -0.2) is 22.1 Å². The van der Waals surface area contributed by atoms with Crippen molar-refractivity contribution >= 4 is 28.8 Å². The molecule has 0 saturated carbocycles. The second kappa shape index (κ2) is 6.29. The Morgan fingerprint density at radius 3 is 2.96 bits per heavy atom. The first kappa shape index (κ1) is 15.8. The minimum atomic E-state index is -0.239. The molecular weight excluding hydrogens is 342 g/mol. The van der Waals surface area contributed by atoms with Crippen molar-refractivity contribution in [3.8, 4) is 11.5 Å². The molecule has 1 aliphatic heterocycles. The van der Waals surface area contributed by atoms with Gasteiger partial charge in [0, 0.05) is 18.0 Å². The van der Waals surface area contributed by atoms with Crippen molar-refractivity contribution in [1.82, 2.24) is 9.38 Å². The lowest BCUT2D eigenvalue weighted by atomic mass is 10.2. The van der Waals surface area contributed by atoms with Gasteiger partial charge in [-0.15, -0.1) is 0 Å². The van der Waals surface area contributed by atoms with Crippen LogP contribution in [0.15, 0.2) is 36.5 Å². The lowest BCUT2D eigenvalue weighted by molar-refractivity contribution is 0.102. The fourth-order valence-electron chi connectivity index (χ4n) is 2.88. The van der Waals surface area contributed by atoms with Gasteiger partial charge in [0.1, 0.15) is 11.3 Å². The molecular formula is C18H16ClN3O3. The number of imidazole rings is 1. The number of aromatic nitrogens is 2. The molecule has 1 amide bonds. The SMILES string of the molecule is CCCc1nc2ccc(Cl)cn2c1C(=O)Nc1ccc2c(c1)OCO2. The third kappa shape index (κ3) is 2.89. The smallest absolute Gasteiger partial charge is 0.274 e. The number of ether oxygens (including phenoxy) is 2. The van der Waals surface area contributed by atoms with Crippen LogP contribution in [0.4, 0.5) is 5.69 Å². The Bertz CT molecular complexity index is 968. The van der Waals surface area contributed by atoms with Gasteiger partial charge in [-0.05, 0) is 30.7 Å². The number of fused-ring (bicyclic) bond motifs is 2. The molecule has 1 aromatic carbocycles. The van der Waals surface area contributed by atoms with E-state index in [1.54, 1.807) is 40.9 Å². The zero-order valence-corrected chi connectivity index (χ0v) is 14.3. The molecule has 2 aromatic heterocycles. The van der Waals surface area contributed by atoms with Crippen LogP contribution in [-0.2, 0) is 6.42 Å². The molecule has 7 heteroatoms. The average molecular weight is 358 g/mol. The van der Waals surface area contributed by atoms with E-state index in [0.29, 0.717) is 40.0 Å². The Balaban J connectivity index is 1.71. The first-order chi connectivity index (χ1) is 12.2. The number of nitrogens with one attached hydrogen (secondary N) is 1. The molecule has 0 bridgehead atoms. The van der Waals surface area contributed by atoms with Gasteiger partial charge in [-0.3, -0.25) is 9.20 Å². The molecule has 6 nitrogen and oxygen atoms in total. The van der Waals surface area contributed by atoms with Gasteiger partial charge in [-0.2, -0.15) is 0 Å². The summed E-state index contributed by atoms with van der Waals surface area (Å²) in [7, 11) is 0. The summed E-state index contributed by atoms with van der Waals surface area (Å²) < 4.78 is 12.4. The van der Waals surface area contributed by atoms with E-state index in [9.17, 15) is 4.79 Å². The molecule has 3 aromatic rings. The maximum atomic E-state index is 12.9. The standard InChI is InChI=1S/C18H16ClN3O3/c1-2-3-13-17(22-9-11(19)4-7-16(22)21-13)18(23)20-12-5-6-14-15(8-12)25-10-24-14/h4-9H,2-3,10H2,1H3,(H,20,23). The Morgan fingerprint density at radius 2 is 2.12 bits per heavy atom. The average Bonchev–Trinajstić information content (AvgIpc) is 3.18. The van der Waals surface area contributed by atoms with Crippen LogP contribution >= 0.6 is 11.6 Å². The number of hydrogen-bond acceptors (Lipinski definition) is 4. The molecule has 4 rings (SSSR count). The predicted molar refractivity (Wildman–Crippen MR) is 94.7 cm³/mol. The molecule has 1 aliphatic rings. The number of carbonyl (C=O) groups is 1. The molecule has 1 N–H and O–H groups in total. The third-order valence-electron chi connectivity index (χ3n) is 3.99. The molecule has 0 saturated heterocycles. The zero-order valence-electron chi connectivity index (χ0n) is 13.6. The largest absolute Gasteiger partial charge is 0.454 e. The Hall–Kier alpha value is -2.73. The van der Waals surface area contributed by atoms with Gasteiger partial charge in [0.2, 0.25) is 6.79 Å². The van der Waals surface area contributed by atoms with E-state index in [2.05, 4.69) is 17.2 Å². The summed E-state index contributed by atoms with van der Waals surface area (Å²) in [5.74, 6) is 1.05. The molecule has 128 valence electrons. The summed E-state index contributed by atoms with van der Waals surface area (Å²) in [5, 5.41) is 3.45. The van der Waals surface area contributed by atoms with Crippen molar-refractivity contribution in [2.24, 2.45) is 0 Å². The number of halogens is 1. The predicted octanol–water partition coefficient (Wildman–Crippen LogP) is 3.92. The molecule has 0 atom stereocenters. The van der Waals surface area contributed by atoms with Gasteiger partial charge in [0.15, 0.2) is 11.5 Å². The van der Waals surface area contributed by atoms with Crippen molar-refractivity contribution in [1.29, 1.82) is 0 Å². The number of anilines is 1. The summed E-state index contributed by atoms with van der Waals surface area (Å²) in [6.45, 7) is 2.25. The van der Waals surface area contributed by atoms with Gasteiger partial charge in [0.05, 0.1) is 10.7 Å². The van der Waals surface area contributed by atoms with Crippen molar-refractivity contribution < 1.29 is 14.3 Å². The maximum absolute atomic E-state index is 12.9. The fraction of sp³-hybridized carbons (Fsp3) is 0.222. The first-order valence-corrected chi connectivity index (χ1v) is 8.41. The molecule has 3 heterocycles. The monoisotopic (exact) mass is 357 g/mol. The van der Waals surface area contributed by atoms with Crippen molar-refractivity contribution in [2.75, 3.05) is 12.1 Å². The lowest BCUT2D eigenvalue weighted by Crippen LogP contribution is -2.16. The second-order valence-corrected chi connectivity index (χ2v) is 6.19. The number of benzene rings is 1. The van der Waals surface area contributed by atoms with Crippen LogP contribution in [0.3, 0.4) is 0 Å². The summed E-state index contributed by atoms with van der Waals surface area (Å²) in [6.07, 6.45) is 3.31. The molecule has 0 aliphatic carbocycles. The first-order valence-electron chi connectivity index (χ1n) is 8.03. The van der Waals surface area contributed by atoms with E-state index in [-0.39, 0.29) is 12.7 Å². The van der Waals surface area contributed by atoms with Gasteiger partial charge in [-0.1, -0.05) is 24.9 Å². The van der Waals surface area contributed by atoms with Crippen LogP contribution in [0, 0.1) is 0 Å². The van der Waals surface area contributed by atoms with Gasteiger partial charge in [0.25, 0.3) is 5.91 Å². The van der Waals surface area contributed by atoms with Crippen LogP contribution in [0.25, 0.3) is 5.65 Å². The van der Waals surface area contributed by atoms with E-state index >= 15 is 0 Å². The van der Waals surface area contributed by atoms with E-state index in [4.69, 9.17) is 21.1 Å². The zero-order chi connectivity index (χ0) is 17.4. The topological polar surface area (TPSA) is 64.9 Å². The maximum Gasteiger partial charge on any atom is 0.274 e. The van der Waals surface area contributed by atoms with E-state index in [1.807, 2.05) is 0 Å². The van der Waals surface area contributed by atoms with E-state index in [0.717, 1.165) is 12.1 Å². The quantitative estimate of drug-likeness (QED) is 0.768. The highest BCUT2D eigenvalue weighted by molar-refractivity contribution is 6.30. The Labute approximate surface area is 149 Å². The lowest BCUT2D eigenvalue weighted by Gasteiger charge is -2.08. The minimum Gasteiger partial charge on any atom is -0.454 e. The van der Waals surface area contributed by atoms with Crippen LogP contribution < -0.4 is 14.8 Å². The third-order valence-corrected chi connectivity index (χ3v) is 4.21. The van der Waals surface area contributed by atoms with Crippen LogP contribution in [0.2, 0.25) is 5.02 Å². The second-order valence-electron chi connectivity index (χ2n) is 5.75. The number of pyridine rings is 1. The van der Waals surface area contributed by atoms with Crippen molar-refractivity contribution in [3.05, 3.63) is 52.9 Å². The Morgan fingerprint density at radius 1 is 1.28 bits per heavy atom. The highest BCUT2D eigenvalue weighted by atomic mass is 35.5. The number of amides is 1. The normalized spacial score (nSPS) is 12.6. The van der Waals surface area contributed by atoms with Crippen molar-refractivity contribution in [2.45, 2.75) is 19.8 Å².